The molecule has 0 heterocycles. The highest BCUT2D eigenvalue weighted by atomic mass is 16.6. The number of methoxy groups -OCH3 is 1. The monoisotopic (exact) mass is 279 g/mol. The summed E-state index contributed by atoms with van der Waals surface area (Å²) in [5.41, 5.74) is 1.00. The summed E-state index contributed by atoms with van der Waals surface area (Å²) in [5.74, 6) is -0.293. The molecule has 0 unspecified atom stereocenters. The van der Waals surface area contributed by atoms with Crippen molar-refractivity contribution in [2.24, 2.45) is 0 Å². The first-order valence-electron chi connectivity index (χ1n) is 6.35. The third-order valence-electron chi connectivity index (χ3n) is 2.57. The highest BCUT2D eigenvalue weighted by Gasteiger charge is 2.20. The number of hydrogen-bond acceptors (Lipinski definition) is 4. The Kier molecular flexibility index (Phi) is 5.13. The van der Waals surface area contributed by atoms with E-state index in [0.717, 1.165) is 5.56 Å². The summed E-state index contributed by atoms with van der Waals surface area (Å²) in [6.45, 7) is 5.45. The van der Waals surface area contributed by atoms with Crippen molar-refractivity contribution >= 4 is 17.7 Å². The summed E-state index contributed by atoms with van der Waals surface area (Å²) in [4.78, 5) is 24.5. The highest BCUT2D eigenvalue weighted by Crippen LogP contribution is 2.17. The Labute approximate surface area is 119 Å². The average Bonchev–Trinajstić information content (AvgIpc) is 2.36. The molecule has 0 atom stereocenters. The molecule has 0 saturated carbocycles. The molecular formula is C15H21NO4. The lowest BCUT2D eigenvalue weighted by atomic mass is 10.1. The molecule has 1 rings (SSSR count). The minimum absolute atomic E-state index is 0.215. The van der Waals surface area contributed by atoms with Crippen molar-refractivity contribution in [3.8, 4) is 0 Å². The molecular weight excluding hydrogens is 258 g/mol. The smallest absolute Gasteiger partial charge is 0.414 e. The van der Waals surface area contributed by atoms with Crippen LogP contribution in [0.4, 0.5) is 10.5 Å². The van der Waals surface area contributed by atoms with Gasteiger partial charge in [-0.15, -0.1) is 0 Å². The van der Waals surface area contributed by atoms with Gasteiger partial charge in [-0.2, -0.15) is 0 Å². The first kappa shape index (κ1) is 16.0. The second-order valence-electron chi connectivity index (χ2n) is 5.46. The lowest BCUT2D eigenvalue weighted by Crippen LogP contribution is -2.34. The molecule has 0 bridgehead atoms. The van der Waals surface area contributed by atoms with Gasteiger partial charge < -0.3 is 9.47 Å². The maximum atomic E-state index is 11.9. The Morgan fingerprint density at radius 3 is 2.15 bits per heavy atom. The van der Waals surface area contributed by atoms with Gasteiger partial charge in [0, 0.05) is 12.7 Å². The van der Waals surface area contributed by atoms with E-state index in [0.29, 0.717) is 5.69 Å². The summed E-state index contributed by atoms with van der Waals surface area (Å²) in [7, 11) is 3.00. The molecule has 1 amide bonds. The number of rotatable bonds is 3. The Morgan fingerprint density at radius 1 is 1.15 bits per heavy atom. The summed E-state index contributed by atoms with van der Waals surface area (Å²) in [6.07, 6.45) is -0.203. The fraction of sp³-hybridized carbons (Fsp3) is 0.467. The number of amides is 1. The molecule has 5 heteroatoms. The van der Waals surface area contributed by atoms with Crippen molar-refractivity contribution in [3.63, 3.8) is 0 Å². The molecule has 0 saturated heterocycles. The highest BCUT2D eigenvalue weighted by molar-refractivity contribution is 5.87. The van der Waals surface area contributed by atoms with E-state index in [2.05, 4.69) is 4.74 Å². The van der Waals surface area contributed by atoms with E-state index < -0.39 is 11.7 Å². The van der Waals surface area contributed by atoms with Gasteiger partial charge in [-0.1, -0.05) is 12.1 Å². The predicted molar refractivity (Wildman–Crippen MR) is 76.8 cm³/mol. The number of benzene rings is 1. The van der Waals surface area contributed by atoms with Crippen LogP contribution in [-0.4, -0.2) is 31.8 Å². The van der Waals surface area contributed by atoms with Crippen LogP contribution >= 0.6 is 0 Å². The van der Waals surface area contributed by atoms with Crippen molar-refractivity contribution in [2.75, 3.05) is 19.1 Å². The molecule has 0 aliphatic rings. The average molecular weight is 279 g/mol. The fourth-order valence-corrected chi connectivity index (χ4v) is 1.51. The van der Waals surface area contributed by atoms with Crippen LogP contribution in [0.15, 0.2) is 24.3 Å². The normalized spacial score (nSPS) is 10.8. The number of ether oxygens (including phenoxy) is 2. The molecule has 0 aliphatic heterocycles. The van der Waals surface area contributed by atoms with E-state index in [4.69, 9.17) is 4.74 Å². The van der Waals surface area contributed by atoms with Crippen molar-refractivity contribution < 1.29 is 19.1 Å². The van der Waals surface area contributed by atoms with Gasteiger partial charge >= 0.3 is 12.1 Å². The van der Waals surface area contributed by atoms with Crippen molar-refractivity contribution in [1.82, 2.24) is 0 Å². The minimum atomic E-state index is -0.532. The molecule has 1 aromatic carbocycles. The topological polar surface area (TPSA) is 55.8 Å². The van der Waals surface area contributed by atoms with Crippen LogP contribution in [0.2, 0.25) is 0 Å². The van der Waals surface area contributed by atoms with Gasteiger partial charge in [-0.25, -0.2) is 4.79 Å². The van der Waals surface area contributed by atoms with Gasteiger partial charge in [-0.3, -0.25) is 9.69 Å². The zero-order chi connectivity index (χ0) is 15.3. The third-order valence-corrected chi connectivity index (χ3v) is 2.57. The molecule has 0 aliphatic carbocycles. The van der Waals surface area contributed by atoms with Crippen LogP contribution in [0.5, 0.6) is 0 Å². The summed E-state index contributed by atoms with van der Waals surface area (Å²) < 4.78 is 9.88. The molecule has 0 aromatic heterocycles. The van der Waals surface area contributed by atoms with Gasteiger partial charge in [0.25, 0.3) is 0 Å². The van der Waals surface area contributed by atoms with Crippen LogP contribution in [0, 0.1) is 0 Å². The van der Waals surface area contributed by atoms with Crippen molar-refractivity contribution in [3.05, 3.63) is 29.8 Å². The summed E-state index contributed by atoms with van der Waals surface area (Å²) in [6, 6.07) is 7.10. The van der Waals surface area contributed by atoms with E-state index >= 15 is 0 Å². The number of esters is 1. The van der Waals surface area contributed by atoms with Crippen molar-refractivity contribution in [1.29, 1.82) is 0 Å². The molecule has 0 N–H and O–H groups in total. The Balaban J connectivity index is 2.73. The predicted octanol–water partition coefficient (Wildman–Crippen LogP) is 2.77. The van der Waals surface area contributed by atoms with Crippen LogP contribution < -0.4 is 4.90 Å². The van der Waals surface area contributed by atoms with E-state index in [1.165, 1.54) is 12.0 Å². The minimum Gasteiger partial charge on any atom is -0.469 e. The third kappa shape index (κ3) is 4.91. The van der Waals surface area contributed by atoms with Crippen LogP contribution in [0.3, 0.4) is 0 Å². The lowest BCUT2D eigenvalue weighted by Gasteiger charge is -2.24. The quantitative estimate of drug-likeness (QED) is 0.798. The lowest BCUT2D eigenvalue weighted by molar-refractivity contribution is -0.139. The number of anilines is 1. The van der Waals surface area contributed by atoms with Crippen LogP contribution in [0.25, 0.3) is 0 Å². The molecule has 20 heavy (non-hydrogen) atoms. The Morgan fingerprint density at radius 2 is 1.70 bits per heavy atom. The van der Waals surface area contributed by atoms with Gasteiger partial charge in [0.15, 0.2) is 0 Å². The van der Waals surface area contributed by atoms with E-state index in [-0.39, 0.29) is 12.4 Å². The number of nitrogens with zero attached hydrogens (tertiary/aromatic N) is 1. The Bertz CT molecular complexity index is 474. The van der Waals surface area contributed by atoms with E-state index in [1.54, 1.807) is 31.3 Å². The first-order chi connectivity index (χ1) is 9.23. The number of carbonyl (C=O) groups is 2. The zero-order valence-electron chi connectivity index (χ0n) is 12.6. The fourth-order valence-electron chi connectivity index (χ4n) is 1.51. The molecule has 110 valence electrons. The molecule has 1 aromatic rings. The first-order valence-corrected chi connectivity index (χ1v) is 6.35. The molecule has 0 radical (unpaired) electrons. The second kappa shape index (κ2) is 6.41. The maximum absolute atomic E-state index is 11.9. The van der Waals surface area contributed by atoms with Gasteiger partial charge in [0.2, 0.25) is 0 Å². The Hall–Kier alpha value is -2.04. The second-order valence-corrected chi connectivity index (χ2v) is 5.46. The molecule has 5 nitrogen and oxygen atoms in total. The standard InChI is InChI=1S/C15H21NO4/c1-15(2,3)20-14(18)16(4)12-8-6-11(7-9-12)10-13(17)19-5/h6-9H,10H2,1-5H3. The van der Waals surface area contributed by atoms with Gasteiger partial charge in [0.1, 0.15) is 5.60 Å². The summed E-state index contributed by atoms with van der Waals surface area (Å²) in [5, 5.41) is 0. The largest absolute Gasteiger partial charge is 0.469 e. The maximum Gasteiger partial charge on any atom is 0.414 e. The number of hydrogen-bond donors (Lipinski definition) is 0. The number of carbonyl (C=O) groups excluding carboxylic acids is 2. The molecule has 0 fully saturated rings. The van der Waals surface area contributed by atoms with E-state index in [1.807, 2.05) is 20.8 Å². The van der Waals surface area contributed by atoms with Gasteiger partial charge in [0.05, 0.1) is 13.5 Å². The molecule has 0 spiro atoms. The van der Waals surface area contributed by atoms with Crippen LogP contribution in [-0.2, 0) is 20.7 Å². The van der Waals surface area contributed by atoms with Crippen molar-refractivity contribution in [2.45, 2.75) is 32.8 Å². The van der Waals surface area contributed by atoms with E-state index in [9.17, 15) is 9.59 Å². The van der Waals surface area contributed by atoms with Gasteiger partial charge in [-0.05, 0) is 38.5 Å². The van der Waals surface area contributed by atoms with Crippen LogP contribution in [0.1, 0.15) is 26.3 Å². The summed E-state index contributed by atoms with van der Waals surface area (Å²) >= 11 is 0. The SMILES string of the molecule is COC(=O)Cc1ccc(N(C)C(=O)OC(C)(C)C)cc1. The zero-order valence-corrected chi connectivity index (χ0v) is 12.6.